The van der Waals surface area contributed by atoms with Crippen LogP contribution >= 0.6 is 0 Å². The van der Waals surface area contributed by atoms with E-state index >= 15 is 0 Å². The fourth-order valence-corrected chi connectivity index (χ4v) is 7.79. The number of rotatable bonds is 10. The van der Waals surface area contributed by atoms with Gasteiger partial charge in [-0.2, -0.15) is 4.31 Å². The Morgan fingerprint density at radius 3 is 2.32 bits per heavy atom. The van der Waals surface area contributed by atoms with E-state index in [0.717, 1.165) is 22.9 Å². The lowest BCUT2D eigenvalue weighted by molar-refractivity contribution is -0.00834. The SMILES string of the molecule is COc1ccc(S(=O)(=O)Nc2ccc3c(c2)C(=O)N([C@@H](C)CO)C[C@H](C)[C@@H](CN(C)S(=O)(=O)c2ccc(F)cc2)OCCCC[C@H](C)O3)cc1. The molecule has 0 aliphatic carbocycles. The minimum atomic E-state index is -4.04. The van der Waals surface area contributed by atoms with Crippen LogP contribution in [0.25, 0.3) is 0 Å². The molecule has 12 nitrogen and oxygen atoms in total. The number of hydrogen-bond donors (Lipinski definition) is 2. The monoisotopic (exact) mass is 735 g/mol. The summed E-state index contributed by atoms with van der Waals surface area (Å²) in [7, 11) is -5.13. The van der Waals surface area contributed by atoms with E-state index < -0.39 is 49.8 Å². The summed E-state index contributed by atoms with van der Waals surface area (Å²) < 4.78 is 88.0. The van der Waals surface area contributed by atoms with Crippen LogP contribution in [0.4, 0.5) is 10.1 Å². The second kappa shape index (κ2) is 17.0. The molecular formula is C35H46FN3O9S2. The Hall–Kier alpha value is -3.76. The number of nitrogens with one attached hydrogen (secondary N) is 1. The van der Waals surface area contributed by atoms with Crippen molar-refractivity contribution in [3.63, 3.8) is 0 Å². The van der Waals surface area contributed by atoms with Gasteiger partial charge in [0.2, 0.25) is 10.0 Å². The topological polar surface area (TPSA) is 152 Å². The molecule has 50 heavy (non-hydrogen) atoms. The Labute approximate surface area is 294 Å². The molecule has 0 radical (unpaired) electrons. The zero-order chi connectivity index (χ0) is 36.6. The number of anilines is 1. The fourth-order valence-electron chi connectivity index (χ4n) is 5.56. The number of hydrogen-bond acceptors (Lipinski definition) is 9. The van der Waals surface area contributed by atoms with Crippen LogP contribution < -0.4 is 14.2 Å². The molecule has 1 amide bonds. The quantitative estimate of drug-likeness (QED) is 0.301. The highest BCUT2D eigenvalue weighted by Gasteiger charge is 2.32. The number of fused-ring (bicyclic) bond motifs is 1. The van der Waals surface area contributed by atoms with E-state index in [2.05, 4.69) is 4.72 Å². The highest BCUT2D eigenvalue weighted by Crippen LogP contribution is 2.30. The van der Waals surface area contributed by atoms with E-state index in [1.165, 1.54) is 67.6 Å². The molecule has 3 aromatic rings. The van der Waals surface area contributed by atoms with Gasteiger partial charge < -0.3 is 24.2 Å². The lowest BCUT2D eigenvalue weighted by Gasteiger charge is -2.35. The number of halogens is 1. The Morgan fingerprint density at radius 1 is 1.02 bits per heavy atom. The van der Waals surface area contributed by atoms with Gasteiger partial charge in [0.1, 0.15) is 17.3 Å². The minimum Gasteiger partial charge on any atom is -0.497 e. The van der Waals surface area contributed by atoms with Crippen molar-refractivity contribution in [2.75, 3.05) is 45.2 Å². The molecule has 0 fully saturated rings. The van der Waals surface area contributed by atoms with E-state index in [1.54, 1.807) is 13.0 Å². The van der Waals surface area contributed by atoms with Gasteiger partial charge in [-0.1, -0.05) is 6.92 Å². The molecular weight excluding hydrogens is 690 g/mol. The first-order valence-electron chi connectivity index (χ1n) is 16.4. The van der Waals surface area contributed by atoms with E-state index in [4.69, 9.17) is 14.2 Å². The van der Waals surface area contributed by atoms with Crippen molar-refractivity contribution < 1.29 is 45.3 Å². The van der Waals surface area contributed by atoms with Crippen molar-refractivity contribution in [2.45, 2.75) is 68.1 Å². The predicted molar refractivity (Wildman–Crippen MR) is 187 cm³/mol. The second-order valence-electron chi connectivity index (χ2n) is 12.5. The lowest BCUT2D eigenvalue weighted by Crippen LogP contribution is -2.48. The molecule has 4 rings (SSSR count). The standard InChI is InChI=1S/C35H46FN3O9S2/c1-24-21-39(25(2)23-40)35(41)32-20-28(37-49(42,43)30-16-12-29(46-5)13-17-30)11-18-33(32)48-26(3)8-6-7-19-47-34(24)22-38(4)50(44,45)31-14-9-27(36)10-15-31/h9-18,20,24-26,34,37,40H,6-8,19,21-23H2,1-5H3/t24-,25-,26-,34+/m0/s1. The molecule has 0 aromatic heterocycles. The van der Waals surface area contributed by atoms with Crippen molar-refractivity contribution >= 4 is 31.6 Å². The molecule has 4 atom stereocenters. The normalized spacial score (nSPS) is 20.4. The molecule has 15 heteroatoms. The van der Waals surface area contributed by atoms with E-state index in [1.807, 2.05) is 13.8 Å². The zero-order valence-corrected chi connectivity index (χ0v) is 30.5. The maximum absolute atomic E-state index is 14.4. The van der Waals surface area contributed by atoms with Crippen LogP contribution in [-0.4, -0.2) is 95.8 Å². The number of nitrogens with zero attached hydrogens (tertiary/aromatic N) is 2. The highest BCUT2D eigenvalue weighted by atomic mass is 32.2. The van der Waals surface area contributed by atoms with Crippen LogP contribution in [0.5, 0.6) is 11.5 Å². The summed E-state index contributed by atoms with van der Waals surface area (Å²) in [6.07, 6.45) is 1.05. The second-order valence-corrected chi connectivity index (χ2v) is 16.3. The number of aliphatic hydroxyl groups excluding tert-OH is 1. The molecule has 274 valence electrons. The van der Waals surface area contributed by atoms with Crippen molar-refractivity contribution in [1.29, 1.82) is 0 Å². The molecule has 3 aromatic carbocycles. The van der Waals surface area contributed by atoms with Crippen LogP contribution in [0.3, 0.4) is 0 Å². The van der Waals surface area contributed by atoms with Gasteiger partial charge in [0.05, 0.1) is 47.3 Å². The number of carbonyl (C=O) groups is 1. The first kappa shape index (κ1) is 39.0. The van der Waals surface area contributed by atoms with E-state index in [0.29, 0.717) is 25.2 Å². The van der Waals surface area contributed by atoms with E-state index in [-0.39, 0.29) is 52.6 Å². The Morgan fingerprint density at radius 2 is 1.68 bits per heavy atom. The van der Waals surface area contributed by atoms with Crippen LogP contribution in [0, 0.1) is 11.7 Å². The maximum atomic E-state index is 14.4. The molecule has 1 heterocycles. The summed E-state index contributed by atoms with van der Waals surface area (Å²) >= 11 is 0. The summed E-state index contributed by atoms with van der Waals surface area (Å²) in [5.41, 5.74) is 0.216. The van der Waals surface area contributed by atoms with Gasteiger partial charge in [-0.25, -0.2) is 21.2 Å². The van der Waals surface area contributed by atoms with E-state index in [9.17, 15) is 31.1 Å². The number of carbonyl (C=O) groups excluding carboxylic acids is 1. The maximum Gasteiger partial charge on any atom is 0.261 e. The van der Waals surface area contributed by atoms with Crippen LogP contribution in [0.15, 0.2) is 76.5 Å². The third-order valence-electron chi connectivity index (χ3n) is 8.63. The molecule has 1 aliphatic heterocycles. The summed E-state index contributed by atoms with van der Waals surface area (Å²) in [4.78, 5) is 15.8. The van der Waals surface area contributed by atoms with Gasteiger partial charge in [0.15, 0.2) is 0 Å². The van der Waals surface area contributed by atoms with Gasteiger partial charge in [0.25, 0.3) is 15.9 Å². The van der Waals surface area contributed by atoms with Crippen molar-refractivity contribution in [2.24, 2.45) is 5.92 Å². The van der Waals surface area contributed by atoms with Gasteiger partial charge in [-0.15, -0.1) is 0 Å². The molecule has 0 bridgehead atoms. The number of methoxy groups -OCH3 is 1. The highest BCUT2D eigenvalue weighted by molar-refractivity contribution is 7.92. The summed E-state index contributed by atoms with van der Waals surface area (Å²) in [6.45, 7) is 5.35. The number of ether oxygens (including phenoxy) is 3. The molecule has 2 N–H and O–H groups in total. The first-order valence-corrected chi connectivity index (χ1v) is 19.3. The van der Waals surface area contributed by atoms with Gasteiger partial charge in [-0.3, -0.25) is 9.52 Å². The van der Waals surface area contributed by atoms with Crippen LogP contribution in [-0.2, 0) is 24.8 Å². The van der Waals surface area contributed by atoms with Crippen LogP contribution in [0.1, 0.15) is 50.4 Å². The third-order valence-corrected chi connectivity index (χ3v) is 11.9. The number of sulfonamides is 2. The fraction of sp³-hybridized carbons (Fsp3) is 0.457. The van der Waals surface area contributed by atoms with Crippen molar-refractivity contribution in [1.82, 2.24) is 9.21 Å². The Balaban J connectivity index is 1.67. The van der Waals surface area contributed by atoms with Crippen molar-refractivity contribution in [3.8, 4) is 11.5 Å². The smallest absolute Gasteiger partial charge is 0.261 e. The number of likely N-dealkylation sites (N-methyl/N-ethyl adjacent to an activating group) is 1. The van der Waals surface area contributed by atoms with Crippen molar-refractivity contribution in [3.05, 3.63) is 78.1 Å². The Kier molecular flexibility index (Phi) is 13.2. The Bertz CT molecular complexity index is 1810. The molecule has 0 unspecified atom stereocenters. The largest absolute Gasteiger partial charge is 0.497 e. The summed E-state index contributed by atoms with van der Waals surface area (Å²) in [5.74, 6) is -0.752. The lowest BCUT2D eigenvalue weighted by atomic mass is 10.0. The minimum absolute atomic E-state index is 0.00334. The summed E-state index contributed by atoms with van der Waals surface area (Å²) in [6, 6.07) is 14.2. The molecule has 0 saturated carbocycles. The average Bonchev–Trinajstić information content (AvgIpc) is 3.09. The summed E-state index contributed by atoms with van der Waals surface area (Å²) in [5, 5.41) is 10.2. The zero-order valence-electron chi connectivity index (χ0n) is 28.9. The number of amides is 1. The first-order chi connectivity index (χ1) is 23.7. The molecule has 0 saturated heterocycles. The number of benzene rings is 3. The number of aliphatic hydroxyl groups is 1. The third kappa shape index (κ3) is 9.72. The molecule has 0 spiro atoms. The van der Waals surface area contributed by atoms with Crippen LogP contribution in [0.2, 0.25) is 0 Å². The van der Waals surface area contributed by atoms with Gasteiger partial charge in [0, 0.05) is 38.3 Å². The van der Waals surface area contributed by atoms with Gasteiger partial charge >= 0.3 is 0 Å². The van der Waals surface area contributed by atoms with Gasteiger partial charge in [-0.05, 0) is 99.8 Å². The average molecular weight is 736 g/mol. The molecule has 1 aliphatic rings. The predicted octanol–water partition coefficient (Wildman–Crippen LogP) is 4.75.